The minimum atomic E-state index is -0.279. The molecular formula is C14H10FN. The van der Waals surface area contributed by atoms with Gasteiger partial charge in [0.15, 0.2) is 0 Å². The van der Waals surface area contributed by atoms with Crippen molar-refractivity contribution in [2.24, 2.45) is 0 Å². The van der Waals surface area contributed by atoms with Crippen LogP contribution in [0.25, 0.3) is 11.1 Å². The lowest BCUT2D eigenvalue weighted by atomic mass is 9.97. The Bertz CT molecular complexity index is 526. The van der Waals surface area contributed by atoms with Gasteiger partial charge in [0, 0.05) is 5.56 Å². The van der Waals surface area contributed by atoms with Crippen LogP contribution in [0, 0.1) is 17.1 Å². The van der Waals surface area contributed by atoms with Crippen LogP contribution in [0.2, 0.25) is 0 Å². The summed E-state index contributed by atoms with van der Waals surface area (Å²) in [5.74, 6) is -0.279. The van der Waals surface area contributed by atoms with Gasteiger partial charge in [-0.25, -0.2) is 4.39 Å². The Hall–Kier alpha value is -2.14. The minimum absolute atomic E-state index is 0.224. The van der Waals surface area contributed by atoms with E-state index < -0.39 is 0 Å². The lowest BCUT2D eigenvalue weighted by Crippen LogP contribution is -1.92. The zero-order valence-corrected chi connectivity index (χ0v) is 8.65. The predicted octanol–water partition coefficient (Wildman–Crippen LogP) is 3.56. The van der Waals surface area contributed by atoms with Gasteiger partial charge in [-0.05, 0) is 17.2 Å². The van der Waals surface area contributed by atoms with E-state index in [1.54, 1.807) is 12.1 Å². The quantitative estimate of drug-likeness (QED) is 0.745. The molecule has 0 saturated carbocycles. The summed E-state index contributed by atoms with van der Waals surface area (Å²) in [5.41, 5.74) is 2.07. The van der Waals surface area contributed by atoms with Crippen LogP contribution in [0.4, 0.5) is 4.39 Å². The van der Waals surface area contributed by atoms with E-state index in [9.17, 15) is 4.39 Å². The normalized spacial score (nSPS) is 9.75. The molecule has 16 heavy (non-hydrogen) atoms. The maximum Gasteiger partial charge on any atom is 0.131 e. The minimum Gasteiger partial charge on any atom is -0.206 e. The molecule has 0 radical (unpaired) electrons. The molecule has 0 spiro atoms. The second-order valence-corrected chi connectivity index (χ2v) is 3.47. The summed E-state index contributed by atoms with van der Waals surface area (Å²) in [7, 11) is 0. The van der Waals surface area contributed by atoms with Crippen molar-refractivity contribution in [2.45, 2.75) is 6.42 Å². The average molecular weight is 211 g/mol. The summed E-state index contributed by atoms with van der Waals surface area (Å²) < 4.78 is 13.7. The van der Waals surface area contributed by atoms with E-state index in [0.29, 0.717) is 5.56 Å². The molecule has 1 nitrogen and oxygen atoms in total. The first-order valence-electron chi connectivity index (χ1n) is 5.02. The monoisotopic (exact) mass is 211 g/mol. The number of hydrogen-bond acceptors (Lipinski definition) is 1. The number of nitrogens with zero attached hydrogens (tertiary/aromatic N) is 1. The van der Waals surface area contributed by atoms with Gasteiger partial charge in [0.05, 0.1) is 12.5 Å². The molecule has 78 valence electrons. The number of nitriles is 1. The van der Waals surface area contributed by atoms with E-state index in [1.165, 1.54) is 6.07 Å². The molecule has 0 saturated heterocycles. The maximum atomic E-state index is 13.7. The van der Waals surface area contributed by atoms with Crippen molar-refractivity contribution < 1.29 is 4.39 Å². The van der Waals surface area contributed by atoms with Crippen molar-refractivity contribution in [2.75, 3.05) is 0 Å². The van der Waals surface area contributed by atoms with Crippen LogP contribution in [-0.4, -0.2) is 0 Å². The van der Waals surface area contributed by atoms with Crippen molar-refractivity contribution in [1.29, 1.82) is 5.26 Å². The van der Waals surface area contributed by atoms with Gasteiger partial charge in [0.25, 0.3) is 0 Å². The molecule has 0 aliphatic rings. The van der Waals surface area contributed by atoms with Crippen LogP contribution >= 0.6 is 0 Å². The lowest BCUT2D eigenvalue weighted by molar-refractivity contribution is 0.630. The van der Waals surface area contributed by atoms with Crippen LogP contribution in [0.5, 0.6) is 0 Å². The number of benzene rings is 2. The molecule has 2 heteroatoms. The molecule has 0 aliphatic heterocycles. The molecule has 0 N–H and O–H groups in total. The van der Waals surface area contributed by atoms with Crippen molar-refractivity contribution in [3.8, 4) is 17.2 Å². The lowest BCUT2D eigenvalue weighted by Gasteiger charge is -2.08. The smallest absolute Gasteiger partial charge is 0.131 e. The van der Waals surface area contributed by atoms with Crippen molar-refractivity contribution in [3.05, 3.63) is 59.9 Å². The first-order chi connectivity index (χ1) is 7.83. The topological polar surface area (TPSA) is 23.8 Å². The van der Waals surface area contributed by atoms with Gasteiger partial charge in [-0.15, -0.1) is 0 Å². The molecule has 0 amide bonds. The van der Waals surface area contributed by atoms with Gasteiger partial charge in [-0.1, -0.05) is 42.5 Å². The van der Waals surface area contributed by atoms with Crippen LogP contribution in [0.15, 0.2) is 48.5 Å². The zero-order valence-electron chi connectivity index (χ0n) is 8.65. The van der Waals surface area contributed by atoms with E-state index in [4.69, 9.17) is 5.26 Å². The van der Waals surface area contributed by atoms with Gasteiger partial charge in [0.1, 0.15) is 5.82 Å². The van der Waals surface area contributed by atoms with E-state index in [2.05, 4.69) is 6.07 Å². The van der Waals surface area contributed by atoms with Crippen LogP contribution in [0.1, 0.15) is 5.56 Å². The molecule has 2 rings (SSSR count). The van der Waals surface area contributed by atoms with Gasteiger partial charge in [-0.2, -0.15) is 5.26 Å². The summed E-state index contributed by atoms with van der Waals surface area (Å²) in [5, 5.41) is 8.71. The third-order valence-electron chi connectivity index (χ3n) is 2.43. The van der Waals surface area contributed by atoms with Crippen LogP contribution < -0.4 is 0 Å². The highest BCUT2D eigenvalue weighted by molar-refractivity contribution is 5.68. The summed E-state index contributed by atoms with van der Waals surface area (Å²) in [6.07, 6.45) is 0.224. The van der Waals surface area contributed by atoms with E-state index in [0.717, 1.165) is 11.1 Å². The number of halogens is 1. The van der Waals surface area contributed by atoms with Crippen molar-refractivity contribution in [1.82, 2.24) is 0 Å². The standard InChI is InChI=1S/C14H10FN/c15-13-8-4-7-12(9-10-16)14(13)11-5-2-1-3-6-11/h1-8H,9H2. The highest BCUT2D eigenvalue weighted by Crippen LogP contribution is 2.26. The third kappa shape index (κ3) is 1.94. The molecule has 0 unspecified atom stereocenters. The SMILES string of the molecule is N#CCc1cccc(F)c1-c1ccccc1. The fourth-order valence-electron chi connectivity index (χ4n) is 1.73. The molecule has 0 heterocycles. The third-order valence-corrected chi connectivity index (χ3v) is 2.43. The fourth-order valence-corrected chi connectivity index (χ4v) is 1.73. The van der Waals surface area contributed by atoms with Crippen LogP contribution in [-0.2, 0) is 6.42 Å². The molecule has 0 fully saturated rings. The first kappa shape index (κ1) is 10.4. The van der Waals surface area contributed by atoms with Gasteiger partial charge >= 0.3 is 0 Å². The Morgan fingerprint density at radius 1 is 1.00 bits per heavy atom. The average Bonchev–Trinajstić information content (AvgIpc) is 2.31. The fraction of sp³-hybridized carbons (Fsp3) is 0.0714. The van der Waals surface area contributed by atoms with Gasteiger partial charge in [-0.3, -0.25) is 0 Å². The Labute approximate surface area is 93.8 Å². The molecule has 0 bridgehead atoms. The predicted molar refractivity (Wildman–Crippen MR) is 61.2 cm³/mol. The molecule has 0 aliphatic carbocycles. The number of hydrogen-bond donors (Lipinski definition) is 0. The van der Waals surface area contributed by atoms with Crippen molar-refractivity contribution in [3.63, 3.8) is 0 Å². The van der Waals surface area contributed by atoms with E-state index in [-0.39, 0.29) is 12.2 Å². The summed E-state index contributed by atoms with van der Waals surface area (Å²) in [4.78, 5) is 0. The van der Waals surface area contributed by atoms with E-state index in [1.807, 2.05) is 30.3 Å². The molecule has 2 aromatic rings. The summed E-state index contributed by atoms with van der Waals surface area (Å²) in [6, 6.07) is 16.2. The van der Waals surface area contributed by atoms with Gasteiger partial charge in [0.2, 0.25) is 0 Å². The Morgan fingerprint density at radius 3 is 2.44 bits per heavy atom. The Balaban J connectivity index is 2.60. The molecule has 0 aromatic heterocycles. The second-order valence-electron chi connectivity index (χ2n) is 3.47. The summed E-state index contributed by atoms with van der Waals surface area (Å²) >= 11 is 0. The largest absolute Gasteiger partial charge is 0.206 e. The Morgan fingerprint density at radius 2 is 1.75 bits per heavy atom. The van der Waals surface area contributed by atoms with Crippen LogP contribution in [0.3, 0.4) is 0 Å². The van der Waals surface area contributed by atoms with Crippen molar-refractivity contribution >= 4 is 0 Å². The van der Waals surface area contributed by atoms with E-state index >= 15 is 0 Å². The first-order valence-corrected chi connectivity index (χ1v) is 5.02. The number of rotatable bonds is 2. The molecule has 2 aromatic carbocycles. The van der Waals surface area contributed by atoms with Gasteiger partial charge < -0.3 is 0 Å². The molecular weight excluding hydrogens is 201 g/mol. The molecule has 0 atom stereocenters. The maximum absolute atomic E-state index is 13.7. The summed E-state index contributed by atoms with van der Waals surface area (Å²) in [6.45, 7) is 0. The Kier molecular flexibility index (Phi) is 2.98. The highest BCUT2D eigenvalue weighted by atomic mass is 19.1. The zero-order chi connectivity index (χ0) is 11.4. The second kappa shape index (κ2) is 4.59. The highest BCUT2D eigenvalue weighted by Gasteiger charge is 2.09.